The highest BCUT2D eigenvalue weighted by atomic mass is 35.5. The average molecular weight is 365 g/mol. The van der Waals surface area contributed by atoms with Crippen LogP contribution in [-0.4, -0.2) is 18.5 Å². The molecule has 1 atom stereocenters. The zero-order valence-corrected chi connectivity index (χ0v) is 14.7. The van der Waals surface area contributed by atoms with Crippen molar-refractivity contribution < 1.29 is 13.9 Å². The number of halogens is 2. The molecule has 1 aliphatic rings. The minimum atomic E-state index is -0.280. The van der Waals surface area contributed by atoms with Crippen molar-refractivity contribution in [2.45, 2.75) is 31.9 Å². The first-order valence-electron chi connectivity index (χ1n) is 8.22. The summed E-state index contributed by atoms with van der Waals surface area (Å²) in [5.41, 5.74) is 1.46. The smallest absolute Gasteiger partial charge is 0.241 e. The summed E-state index contributed by atoms with van der Waals surface area (Å²) in [6, 6.07) is 13.4. The third kappa shape index (κ3) is 5.73. The normalized spacial score (nSPS) is 16.6. The molecule has 0 spiro atoms. The number of amides is 1. The fourth-order valence-corrected chi connectivity index (χ4v) is 2.76. The molecule has 4 nitrogen and oxygen atoms in total. The molecule has 2 aromatic rings. The number of ether oxygens (including phenoxy) is 1. The van der Waals surface area contributed by atoms with Gasteiger partial charge in [-0.3, -0.25) is 4.79 Å². The molecule has 2 N–H and O–H groups in total. The topological polar surface area (TPSA) is 50.4 Å². The Morgan fingerprint density at radius 2 is 2.04 bits per heavy atom. The van der Waals surface area contributed by atoms with Gasteiger partial charge in [-0.15, -0.1) is 12.4 Å². The van der Waals surface area contributed by atoms with Crippen molar-refractivity contribution in [1.82, 2.24) is 5.32 Å². The number of nitrogens with one attached hydrogen (secondary N) is 2. The van der Waals surface area contributed by atoms with Crippen LogP contribution in [0.15, 0.2) is 48.5 Å². The number of hydrogen-bond acceptors (Lipinski definition) is 3. The monoisotopic (exact) mass is 364 g/mol. The molecule has 0 aromatic heterocycles. The second-order valence-electron chi connectivity index (χ2n) is 5.94. The predicted molar refractivity (Wildman–Crippen MR) is 98.7 cm³/mol. The van der Waals surface area contributed by atoms with Gasteiger partial charge in [-0.05, 0) is 49.2 Å². The van der Waals surface area contributed by atoms with E-state index in [1.165, 1.54) is 12.1 Å². The fraction of sp³-hybridized carbons (Fsp3) is 0.316. The Bertz CT molecular complexity index is 705. The number of anilines is 1. The average Bonchev–Trinajstić information content (AvgIpc) is 2.61. The van der Waals surface area contributed by atoms with E-state index in [2.05, 4.69) is 10.6 Å². The second-order valence-corrected chi connectivity index (χ2v) is 5.94. The van der Waals surface area contributed by atoms with E-state index in [1.54, 1.807) is 12.1 Å². The molecule has 2 aromatic carbocycles. The molecule has 6 heteroatoms. The molecule has 0 saturated carbocycles. The molecule has 1 unspecified atom stereocenters. The van der Waals surface area contributed by atoms with Gasteiger partial charge in [0.05, 0.1) is 6.04 Å². The Morgan fingerprint density at radius 3 is 2.80 bits per heavy atom. The Hall–Kier alpha value is -2.11. The van der Waals surface area contributed by atoms with Crippen molar-refractivity contribution in [2.24, 2.45) is 0 Å². The van der Waals surface area contributed by atoms with Crippen molar-refractivity contribution in [2.75, 3.05) is 11.9 Å². The van der Waals surface area contributed by atoms with Gasteiger partial charge in [0.1, 0.15) is 18.2 Å². The quantitative estimate of drug-likeness (QED) is 0.845. The predicted octanol–water partition coefficient (Wildman–Crippen LogP) is 3.91. The fourth-order valence-electron chi connectivity index (χ4n) is 2.76. The van der Waals surface area contributed by atoms with Crippen LogP contribution in [0.4, 0.5) is 10.1 Å². The number of benzene rings is 2. The van der Waals surface area contributed by atoms with Crippen LogP contribution in [0.5, 0.6) is 5.75 Å². The van der Waals surface area contributed by atoms with Crippen LogP contribution >= 0.6 is 12.4 Å². The van der Waals surface area contributed by atoms with E-state index in [1.807, 2.05) is 24.3 Å². The molecule has 0 aliphatic carbocycles. The number of hydrogen-bond donors (Lipinski definition) is 2. The van der Waals surface area contributed by atoms with Crippen molar-refractivity contribution in [1.29, 1.82) is 0 Å². The molecule has 0 radical (unpaired) electrons. The van der Waals surface area contributed by atoms with Gasteiger partial charge in [-0.25, -0.2) is 4.39 Å². The molecular weight excluding hydrogens is 343 g/mol. The third-order valence-corrected chi connectivity index (χ3v) is 4.02. The molecule has 1 heterocycles. The lowest BCUT2D eigenvalue weighted by Crippen LogP contribution is -2.43. The van der Waals surface area contributed by atoms with Gasteiger partial charge >= 0.3 is 0 Å². The molecule has 25 heavy (non-hydrogen) atoms. The molecule has 1 aliphatic heterocycles. The Labute approximate surface area is 153 Å². The second kappa shape index (κ2) is 9.39. The van der Waals surface area contributed by atoms with Crippen molar-refractivity contribution in [3.8, 4) is 5.75 Å². The lowest BCUT2D eigenvalue weighted by atomic mass is 10.0. The molecule has 0 bridgehead atoms. The van der Waals surface area contributed by atoms with Gasteiger partial charge in [-0.1, -0.05) is 24.6 Å². The van der Waals surface area contributed by atoms with Gasteiger partial charge in [0.25, 0.3) is 0 Å². The lowest BCUT2D eigenvalue weighted by Gasteiger charge is -2.22. The van der Waals surface area contributed by atoms with Crippen molar-refractivity contribution in [3.05, 3.63) is 59.9 Å². The first-order chi connectivity index (χ1) is 11.7. The van der Waals surface area contributed by atoms with E-state index in [0.29, 0.717) is 11.4 Å². The number of rotatable bonds is 5. The Balaban J connectivity index is 0.00000225. The summed E-state index contributed by atoms with van der Waals surface area (Å²) in [4.78, 5) is 12.2. The number of carbonyl (C=O) groups is 1. The van der Waals surface area contributed by atoms with Gasteiger partial charge in [0, 0.05) is 11.8 Å². The first-order valence-corrected chi connectivity index (χ1v) is 8.22. The van der Waals surface area contributed by atoms with Crippen LogP contribution in [0.1, 0.15) is 24.8 Å². The van der Waals surface area contributed by atoms with Crippen molar-refractivity contribution >= 4 is 24.0 Å². The molecular formula is C19H22ClFN2O2. The molecule has 1 amide bonds. The first kappa shape index (κ1) is 19.2. The maximum absolute atomic E-state index is 13.2. The minimum Gasteiger partial charge on any atom is -0.489 e. The molecule has 1 saturated heterocycles. The van der Waals surface area contributed by atoms with Gasteiger partial charge in [0.15, 0.2) is 0 Å². The molecule has 3 rings (SSSR count). The summed E-state index contributed by atoms with van der Waals surface area (Å²) in [6.07, 6.45) is 3.05. The van der Waals surface area contributed by atoms with Crippen LogP contribution < -0.4 is 15.4 Å². The van der Waals surface area contributed by atoms with Crippen LogP contribution in [0.2, 0.25) is 0 Å². The van der Waals surface area contributed by atoms with E-state index in [4.69, 9.17) is 4.74 Å². The van der Waals surface area contributed by atoms with Crippen LogP contribution in [0, 0.1) is 5.82 Å². The number of carbonyl (C=O) groups excluding carboxylic acids is 1. The van der Waals surface area contributed by atoms with Crippen LogP contribution in [0.3, 0.4) is 0 Å². The van der Waals surface area contributed by atoms with Crippen LogP contribution in [-0.2, 0) is 11.4 Å². The summed E-state index contributed by atoms with van der Waals surface area (Å²) in [5, 5.41) is 6.14. The van der Waals surface area contributed by atoms with Crippen molar-refractivity contribution in [3.63, 3.8) is 0 Å². The molecule has 134 valence electrons. The standard InChI is InChI=1S/C19H21FN2O2.ClH/c20-15-6-3-5-14(11-15)13-24-17-8-4-7-16(12-17)22-19(23)18-9-1-2-10-21-18;/h3-8,11-12,18,21H,1-2,9-10,13H2,(H,22,23);1H. The van der Waals surface area contributed by atoms with Gasteiger partial charge in [0.2, 0.25) is 5.91 Å². The maximum atomic E-state index is 13.2. The zero-order valence-electron chi connectivity index (χ0n) is 13.8. The van der Waals surface area contributed by atoms with Gasteiger partial charge < -0.3 is 15.4 Å². The van der Waals surface area contributed by atoms with E-state index in [-0.39, 0.29) is 36.8 Å². The van der Waals surface area contributed by atoms with Gasteiger partial charge in [-0.2, -0.15) is 0 Å². The summed E-state index contributed by atoms with van der Waals surface area (Å²) >= 11 is 0. The Morgan fingerprint density at radius 1 is 1.20 bits per heavy atom. The van der Waals surface area contributed by atoms with E-state index < -0.39 is 0 Å². The largest absolute Gasteiger partial charge is 0.489 e. The summed E-state index contributed by atoms with van der Waals surface area (Å²) in [6.45, 7) is 1.16. The highest BCUT2D eigenvalue weighted by Crippen LogP contribution is 2.20. The zero-order chi connectivity index (χ0) is 16.8. The summed E-state index contributed by atoms with van der Waals surface area (Å²) in [7, 11) is 0. The third-order valence-electron chi connectivity index (χ3n) is 4.02. The van der Waals surface area contributed by atoms with E-state index in [9.17, 15) is 9.18 Å². The Kier molecular flexibility index (Phi) is 7.22. The highest BCUT2D eigenvalue weighted by Gasteiger charge is 2.20. The maximum Gasteiger partial charge on any atom is 0.241 e. The summed E-state index contributed by atoms with van der Waals surface area (Å²) < 4.78 is 18.8. The molecule has 1 fully saturated rings. The van der Waals surface area contributed by atoms with E-state index in [0.717, 1.165) is 31.4 Å². The minimum absolute atomic E-state index is 0. The van der Waals surface area contributed by atoms with Crippen LogP contribution in [0.25, 0.3) is 0 Å². The SMILES string of the molecule is Cl.O=C(Nc1cccc(OCc2cccc(F)c2)c1)C1CCCCN1. The van der Waals surface area contributed by atoms with E-state index >= 15 is 0 Å². The lowest BCUT2D eigenvalue weighted by molar-refractivity contribution is -0.118. The highest BCUT2D eigenvalue weighted by molar-refractivity contribution is 5.95. The summed E-state index contributed by atoms with van der Waals surface area (Å²) in [5.74, 6) is 0.336. The number of piperidine rings is 1.